The SMILES string of the molecule is O=CC(=O)[N-]Cc1ccccc1.[Li+]. The van der Waals surface area contributed by atoms with Crippen molar-refractivity contribution in [3.63, 3.8) is 0 Å². The Bertz CT molecular complexity index is 274. The minimum absolute atomic E-state index is 0. The Balaban J connectivity index is 0.00000144. The minimum Gasteiger partial charge on any atom is -0.643 e. The third-order valence-corrected chi connectivity index (χ3v) is 1.36. The average Bonchev–Trinajstić information content (AvgIpc) is 2.16. The molecular formula is C9H8LiNO2. The van der Waals surface area contributed by atoms with Crippen LogP contribution in [0.25, 0.3) is 5.32 Å². The van der Waals surface area contributed by atoms with Crippen LogP contribution in [-0.2, 0) is 16.1 Å². The molecule has 0 atom stereocenters. The van der Waals surface area contributed by atoms with Gasteiger partial charge in [0.15, 0.2) is 6.29 Å². The zero-order chi connectivity index (χ0) is 8.81. The summed E-state index contributed by atoms with van der Waals surface area (Å²) in [6.07, 6.45) is 0.211. The molecule has 0 heterocycles. The molecule has 0 unspecified atom stereocenters. The molecule has 0 saturated carbocycles. The molecule has 1 aromatic rings. The molecule has 0 fully saturated rings. The fourth-order valence-electron chi connectivity index (χ4n) is 0.790. The van der Waals surface area contributed by atoms with Crippen LogP contribution in [0.2, 0.25) is 0 Å². The van der Waals surface area contributed by atoms with E-state index in [-0.39, 0.29) is 31.7 Å². The van der Waals surface area contributed by atoms with Crippen LogP contribution in [0.5, 0.6) is 0 Å². The monoisotopic (exact) mass is 169 g/mol. The van der Waals surface area contributed by atoms with Crippen molar-refractivity contribution < 1.29 is 28.4 Å². The van der Waals surface area contributed by atoms with Crippen molar-refractivity contribution in [3.05, 3.63) is 41.2 Å². The number of aldehydes is 1. The van der Waals surface area contributed by atoms with Crippen molar-refractivity contribution >= 4 is 12.2 Å². The third-order valence-electron chi connectivity index (χ3n) is 1.36. The number of amides is 1. The van der Waals surface area contributed by atoms with Crippen molar-refractivity contribution in [1.29, 1.82) is 0 Å². The number of rotatable bonds is 3. The summed E-state index contributed by atoms with van der Waals surface area (Å²) >= 11 is 0. The molecule has 0 bridgehead atoms. The Morgan fingerprint density at radius 2 is 1.92 bits per heavy atom. The van der Waals surface area contributed by atoms with Crippen LogP contribution >= 0.6 is 0 Å². The van der Waals surface area contributed by atoms with Gasteiger partial charge in [-0.1, -0.05) is 35.9 Å². The predicted octanol–water partition coefficient (Wildman–Crippen LogP) is -1.71. The van der Waals surface area contributed by atoms with E-state index in [1.165, 1.54) is 0 Å². The summed E-state index contributed by atoms with van der Waals surface area (Å²) in [4.78, 5) is 20.3. The molecule has 1 aromatic carbocycles. The topological polar surface area (TPSA) is 48.2 Å². The zero-order valence-corrected chi connectivity index (χ0v) is 7.43. The summed E-state index contributed by atoms with van der Waals surface area (Å²) < 4.78 is 0. The van der Waals surface area contributed by atoms with Gasteiger partial charge < -0.3 is 10.1 Å². The Morgan fingerprint density at radius 3 is 2.46 bits per heavy atom. The van der Waals surface area contributed by atoms with Gasteiger partial charge in [-0.15, -0.1) is 6.54 Å². The number of carbonyl (C=O) groups excluding carboxylic acids is 2. The molecule has 0 saturated heterocycles. The number of hydrogen-bond donors (Lipinski definition) is 0. The van der Waals surface area contributed by atoms with Crippen LogP contribution in [0.1, 0.15) is 5.56 Å². The fraction of sp³-hybridized carbons (Fsp3) is 0.111. The summed E-state index contributed by atoms with van der Waals surface area (Å²) in [7, 11) is 0. The average molecular weight is 169 g/mol. The van der Waals surface area contributed by atoms with E-state index in [9.17, 15) is 9.59 Å². The quantitative estimate of drug-likeness (QED) is 0.307. The second-order valence-corrected chi connectivity index (χ2v) is 2.26. The second-order valence-electron chi connectivity index (χ2n) is 2.26. The first-order valence-corrected chi connectivity index (χ1v) is 3.53. The van der Waals surface area contributed by atoms with E-state index in [4.69, 9.17) is 0 Å². The van der Waals surface area contributed by atoms with Crippen LogP contribution in [0, 0.1) is 0 Å². The van der Waals surface area contributed by atoms with Crippen LogP contribution in [0.3, 0.4) is 0 Å². The van der Waals surface area contributed by atoms with Crippen molar-refractivity contribution in [2.24, 2.45) is 0 Å². The molecule has 0 aliphatic rings. The van der Waals surface area contributed by atoms with E-state index < -0.39 is 5.91 Å². The van der Waals surface area contributed by atoms with E-state index in [1.54, 1.807) is 0 Å². The van der Waals surface area contributed by atoms with Crippen LogP contribution < -0.4 is 18.9 Å². The molecular weight excluding hydrogens is 161 g/mol. The smallest absolute Gasteiger partial charge is 0.643 e. The maximum Gasteiger partial charge on any atom is 1.00 e. The zero-order valence-electron chi connectivity index (χ0n) is 7.43. The molecule has 13 heavy (non-hydrogen) atoms. The Morgan fingerprint density at radius 1 is 1.31 bits per heavy atom. The number of benzene rings is 1. The first-order valence-electron chi connectivity index (χ1n) is 3.53. The van der Waals surface area contributed by atoms with Crippen LogP contribution in [-0.4, -0.2) is 12.2 Å². The van der Waals surface area contributed by atoms with Crippen molar-refractivity contribution in [2.75, 3.05) is 0 Å². The van der Waals surface area contributed by atoms with Crippen molar-refractivity contribution in [2.45, 2.75) is 6.54 Å². The van der Waals surface area contributed by atoms with Gasteiger partial charge in [0.05, 0.1) is 0 Å². The van der Waals surface area contributed by atoms with Crippen molar-refractivity contribution in [1.82, 2.24) is 0 Å². The standard InChI is InChI=1S/C9H9NO2.Li/c11-7-9(12)10-6-8-4-2-1-3-5-8;/h1-5,7H,6H2,(H,10,12);/q;+1/p-1. The van der Waals surface area contributed by atoms with Gasteiger partial charge in [-0.3, -0.25) is 4.79 Å². The van der Waals surface area contributed by atoms with E-state index in [1.807, 2.05) is 30.3 Å². The molecule has 62 valence electrons. The van der Waals surface area contributed by atoms with Gasteiger partial charge in [0.25, 0.3) is 0 Å². The third kappa shape index (κ3) is 4.51. The van der Waals surface area contributed by atoms with Crippen LogP contribution in [0.4, 0.5) is 0 Å². The molecule has 0 N–H and O–H groups in total. The molecule has 3 nitrogen and oxygen atoms in total. The fourth-order valence-corrected chi connectivity index (χ4v) is 0.790. The van der Waals surface area contributed by atoms with E-state index in [0.717, 1.165) is 5.56 Å². The summed E-state index contributed by atoms with van der Waals surface area (Å²) in [5, 5.41) is 3.51. The molecule has 0 aliphatic carbocycles. The largest absolute Gasteiger partial charge is 1.00 e. The summed E-state index contributed by atoms with van der Waals surface area (Å²) in [6.45, 7) is 0.276. The van der Waals surface area contributed by atoms with Crippen molar-refractivity contribution in [3.8, 4) is 0 Å². The summed E-state index contributed by atoms with van der Waals surface area (Å²) in [6, 6.07) is 9.29. The van der Waals surface area contributed by atoms with Gasteiger partial charge >= 0.3 is 18.9 Å². The van der Waals surface area contributed by atoms with Gasteiger partial charge in [-0.25, -0.2) is 0 Å². The Hall–Kier alpha value is -1.04. The van der Waals surface area contributed by atoms with E-state index in [2.05, 4.69) is 5.32 Å². The summed E-state index contributed by atoms with van der Waals surface area (Å²) in [5.74, 6) is -0.709. The van der Waals surface area contributed by atoms with Gasteiger partial charge in [-0.2, -0.15) is 0 Å². The molecule has 0 aliphatic heterocycles. The first-order chi connectivity index (χ1) is 5.83. The molecule has 0 spiro atoms. The van der Waals surface area contributed by atoms with Gasteiger partial charge in [0, 0.05) is 0 Å². The predicted molar refractivity (Wildman–Crippen MR) is 44.6 cm³/mol. The Kier molecular flexibility index (Phi) is 5.95. The normalized spacial score (nSPS) is 8.31. The van der Waals surface area contributed by atoms with Gasteiger partial charge in [0.2, 0.25) is 0 Å². The number of carbonyl (C=O) groups is 2. The molecule has 4 heteroatoms. The molecule has 1 rings (SSSR count). The van der Waals surface area contributed by atoms with E-state index in [0.29, 0.717) is 0 Å². The first kappa shape index (κ1) is 12.0. The van der Waals surface area contributed by atoms with Crippen LogP contribution in [0.15, 0.2) is 30.3 Å². The van der Waals surface area contributed by atoms with Gasteiger partial charge in [0.1, 0.15) is 5.91 Å². The summed E-state index contributed by atoms with van der Waals surface area (Å²) in [5.41, 5.74) is 0.924. The van der Waals surface area contributed by atoms with Gasteiger partial charge in [-0.05, 0) is 0 Å². The number of hydrogen-bond acceptors (Lipinski definition) is 2. The molecule has 0 radical (unpaired) electrons. The maximum atomic E-state index is 10.5. The maximum absolute atomic E-state index is 10.5. The Labute approximate surface area is 88.7 Å². The minimum atomic E-state index is -0.709. The van der Waals surface area contributed by atoms with E-state index >= 15 is 0 Å². The molecule has 0 aromatic heterocycles. The number of nitrogens with zero attached hydrogens (tertiary/aromatic N) is 1. The second kappa shape index (κ2) is 6.47. The molecule has 1 amide bonds.